The van der Waals surface area contributed by atoms with Gasteiger partial charge in [0.25, 0.3) is 0 Å². The maximum absolute atomic E-state index is 14.8. The van der Waals surface area contributed by atoms with Crippen molar-refractivity contribution in [2.24, 2.45) is 5.92 Å². The van der Waals surface area contributed by atoms with E-state index < -0.39 is 29.0 Å². The van der Waals surface area contributed by atoms with Gasteiger partial charge in [-0.25, -0.2) is 17.6 Å². The molecule has 0 spiro atoms. The molecule has 1 fully saturated rings. The van der Waals surface area contributed by atoms with E-state index in [1.807, 2.05) is 6.07 Å². The van der Waals surface area contributed by atoms with E-state index in [2.05, 4.69) is 6.92 Å². The van der Waals surface area contributed by atoms with Crippen LogP contribution >= 0.6 is 0 Å². The second-order valence-electron chi connectivity index (χ2n) is 8.24. The van der Waals surface area contributed by atoms with Crippen LogP contribution in [0, 0.1) is 29.2 Å². The minimum Gasteiger partial charge on any atom is -0.394 e. The highest BCUT2D eigenvalue weighted by Gasteiger charge is 2.21. The number of benzene rings is 3. The van der Waals surface area contributed by atoms with Gasteiger partial charge in [0.2, 0.25) is 0 Å². The van der Waals surface area contributed by atoms with E-state index in [9.17, 15) is 17.6 Å². The zero-order valence-electron chi connectivity index (χ0n) is 16.7. The Hall–Kier alpha value is -2.82. The highest BCUT2D eigenvalue weighted by atomic mass is 19.1. The highest BCUT2D eigenvalue weighted by Crippen LogP contribution is 2.37. The summed E-state index contributed by atoms with van der Waals surface area (Å²) in [7, 11) is 0. The van der Waals surface area contributed by atoms with E-state index >= 15 is 0 Å². The first-order chi connectivity index (χ1) is 14.3. The molecule has 2 N–H and O–H groups in total. The number of nitrogens with two attached hydrogens (primary N) is 1. The maximum atomic E-state index is 14.8. The monoisotopic (exact) mass is 413 g/mol. The molecule has 0 aliphatic heterocycles. The van der Waals surface area contributed by atoms with Crippen LogP contribution in [0.2, 0.25) is 0 Å². The first-order valence-corrected chi connectivity index (χ1v) is 10.2. The molecule has 0 unspecified atom stereocenters. The molecular weight excluding hydrogens is 390 g/mol. The van der Waals surface area contributed by atoms with Gasteiger partial charge in [-0.05, 0) is 65.6 Å². The molecule has 0 radical (unpaired) electrons. The summed E-state index contributed by atoms with van der Waals surface area (Å²) < 4.78 is 57.0. The molecule has 1 aliphatic carbocycles. The van der Waals surface area contributed by atoms with Gasteiger partial charge in [0.15, 0.2) is 0 Å². The van der Waals surface area contributed by atoms with Gasteiger partial charge in [-0.2, -0.15) is 0 Å². The number of rotatable bonds is 3. The minimum absolute atomic E-state index is 0.0184. The van der Waals surface area contributed by atoms with Gasteiger partial charge in [-0.1, -0.05) is 44.0 Å². The Morgan fingerprint density at radius 2 is 1.20 bits per heavy atom. The van der Waals surface area contributed by atoms with Crippen LogP contribution < -0.4 is 5.73 Å². The van der Waals surface area contributed by atoms with Crippen molar-refractivity contribution >= 4 is 5.69 Å². The lowest BCUT2D eigenvalue weighted by atomic mass is 9.79. The van der Waals surface area contributed by atoms with Crippen LogP contribution in [-0.4, -0.2) is 0 Å². The van der Waals surface area contributed by atoms with E-state index in [4.69, 9.17) is 5.73 Å². The van der Waals surface area contributed by atoms with Crippen LogP contribution in [0.5, 0.6) is 0 Å². The van der Waals surface area contributed by atoms with E-state index in [1.54, 1.807) is 18.2 Å². The molecule has 3 aromatic carbocycles. The van der Waals surface area contributed by atoms with Gasteiger partial charge < -0.3 is 5.73 Å². The quantitative estimate of drug-likeness (QED) is 0.350. The van der Waals surface area contributed by atoms with E-state index in [-0.39, 0.29) is 11.1 Å². The van der Waals surface area contributed by atoms with Crippen molar-refractivity contribution in [3.63, 3.8) is 0 Å². The average Bonchev–Trinajstić information content (AvgIpc) is 2.72. The largest absolute Gasteiger partial charge is 0.394 e. The summed E-state index contributed by atoms with van der Waals surface area (Å²) in [5, 5.41) is 0. The molecule has 30 heavy (non-hydrogen) atoms. The Kier molecular flexibility index (Phi) is 5.54. The van der Waals surface area contributed by atoms with Crippen molar-refractivity contribution < 1.29 is 17.6 Å². The summed E-state index contributed by atoms with van der Waals surface area (Å²) in [4.78, 5) is 0. The fourth-order valence-electron chi connectivity index (χ4n) is 4.27. The third-order valence-corrected chi connectivity index (χ3v) is 6.15. The number of halogens is 4. The molecule has 3 aromatic rings. The van der Waals surface area contributed by atoms with Gasteiger partial charge in [-0.3, -0.25) is 0 Å². The first-order valence-electron chi connectivity index (χ1n) is 10.2. The van der Waals surface area contributed by atoms with E-state index in [0.29, 0.717) is 17.0 Å². The molecule has 0 aromatic heterocycles. The second-order valence-corrected chi connectivity index (χ2v) is 8.24. The van der Waals surface area contributed by atoms with Crippen molar-refractivity contribution in [2.75, 3.05) is 5.73 Å². The second kappa shape index (κ2) is 8.13. The third kappa shape index (κ3) is 3.93. The van der Waals surface area contributed by atoms with Gasteiger partial charge in [0, 0.05) is 11.1 Å². The van der Waals surface area contributed by atoms with Gasteiger partial charge in [0.1, 0.15) is 29.0 Å². The summed E-state index contributed by atoms with van der Waals surface area (Å²) in [6.07, 6.45) is 4.40. The molecule has 0 atom stereocenters. The SMILES string of the molecule is CC1CCC(c2ccc(-c3ccc(-c4cc(F)c(N)c(F)c4)c(F)c3)c(F)c2)CC1. The van der Waals surface area contributed by atoms with Crippen LogP contribution in [0.4, 0.5) is 23.2 Å². The molecule has 0 saturated heterocycles. The van der Waals surface area contributed by atoms with Crippen molar-refractivity contribution in [1.82, 2.24) is 0 Å². The summed E-state index contributed by atoms with van der Waals surface area (Å²) in [6.45, 7) is 2.24. The molecule has 5 heteroatoms. The Morgan fingerprint density at radius 3 is 1.80 bits per heavy atom. The number of hydrogen-bond acceptors (Lipinski definition) is 1. The fourth-order valence-corrected chi connectivity index (χ4v) is 4.27. The summed E-state index contributed by atoms with van der Waals surface area (Å²) in [6, 6.07) is 11.2. The van der Waals surface area contributed by atoms with E-state index in [0.717, 1.165) is 49.3 Å². The van der Waals surface area contributed by atoms with Crippen LogP contribution in [-0.2, 0) is 0 Å². The van der Waals surface area contributed by atoms with Crippen molar-refractivity contribution in [3.05, 3.63) is 77.4 Å². The Balaban J connectivity index is 1.63. The smallest absolute Gasteiger partial charge is 0.149 e. The minimum atomic E-state index is -0.952. The number of hydrogen-bond donors (Lipinski definition) is 1. The van der Waals surface area contributed by atoms with Crippen LogP contribution in [0.1, 0.15) is 44.1 Å². The van der Waals surface area contributed by atoms with Crippen molar-refractivity contribution in [1.29, 1.82) is 0 Å². The van der Waals surface area contributed by atoms with Crippen molar-refractivity contribution in [2.45, 2.75) is 38.5 Å². The number of nitrogen functional groups attached to an aromatic ring is 1. The van der Waals surface area contributed by atoms with E-state index in [1.165, 1.54) is 12.1 Å². The zero-order chi connectivity index (χ0) is 21.4. The molecule has 156 valence electrons. The molecule has 4 rings (SSSR count). The highest BCUT2D eigenvalue weighted by molar-refractivity contribution is 5.72. The molecule has 1 aliphatic rings. The molecule has 0 bridgehead atoms. The van der Waals surface area contributed by atoms with Gasteiger partial charge in [0.05, 0.1) is 0 Å². The third-order valence-electron chi connectivity index (χ3n) is 6.15. The van der Waals surface area contributed by atoms with Crippen molar-refractivity contribution in [3.8, 4) is 22.3 Å². The Morgan fingerprint density at radius 1 is 0.667 bits per heavy atom. The predicted molar refractivity (Wildman–Crippen MR) is 112 cm³/mol. The average molecular weight is 413 g/mol. The fraction of sp³-hybridized carbons (Fsp3) is 0.280. The molecule has 1 saturated carbocycles. The zero-order valence-corrected chi connectivity index (χ0v) is 16.7. The summed E-state index contributed by atoms with van der Waals surface area (Å²) >= 11 is 0. The molecular formula is C25H23F4N. The first kappa shape index (κ1) is 20.5. The van der Waals surface area contributed by atoms with Crippen LogP contribution in [0.15, 0.2) is 48.5 Å². The number of anilines is 1. The molecule has 1 nitrogen and oxygen atoms in total. The predicted octanol–water partition coefficient (Wildman–Crippen LogP) is 7.45. The summed E-state index contributed by atoms with van der Waals surface area (Å²) in [5.74, 6) is -1.92. The summed E-state index contributed by atoms with van der Waals surface area (Å²) in [5.41, 5.74) is 6.36. The lowest BCUT2D eigenvalue weighted by Crippen LogP contribution is -2.11. The maximum Gasteiger partial charge on any atom is 0.149 e. The lowest BCUT2D eigenvalue weighted by molar-refractivity contribution is 0.347. The Bertz CT molecular complexity index is 1060. The van der Waals surface area contributed by atoms with Gasteiger partial charge in [-0.15, -0.1) is 0 Å². The molecule has 0 amide bonds. The molecule has 0 heterocycles. The Labute approximate surface area is 173 Å². The normalized spacial score (nSPS) is 19.1. The van der Waals surface area contributed by atoms with Gasteiger partial charge >= 0.3 is 0 Å². The topological polar surface area (TPSA) is 26.0 Å². The van der Waals surface area contributed by atoms with Crippen LogP contribution in [0.25, 0.3) is 22.3 Å². The standard InChI is InChI=1S/C25H23F4N/c1-14-2-4-15(5-3-14)16-6-8-19(21(26)10-16)17-7-9-20(22(27)11-17)18-12-23(28)25(30)24(29)13-18/h6-15H,2-5,30H2,1H3. The lowest BCUT2D eigenvalue weighted by Gasteiger charge is -2.26. The van der Waals surface area contributed by atoms with Crippen LogP contribution in [0.3, 0.4) is 0 Å².